The molecule has 1 aliphatic heterocycles. The number of amides is 1. The molecule has 3 rings (SSSR count). The molecule has 31 heavy (non-hydrogen) atoms. The second-order valence-electron chi connectivity index (χ2n) is 11.6. The number of carbonyl (C=O) groups excluding carboxylic acids is 1. The van der Waals surface area contributed by atoms with Gasteiger partial charge in [0.05, 0.1) is 0 Å². The third kappa shape index (κ3) is 6.46. The zero-order chi connectivity index (χ0) is 22.5. The lowest BCUT2D eigenvalue weighted by Gasteiger charge is -2.38. The zero-order valence-electron chi connectivity index (χ0n) is 20.7. The lowest BCUT2D eigenvalue weighted by molar-refractivity contribution is -0.132. The molecule has 0 aromatic heterocycles. The van der Waals surface area contributed by atoms with Crippen LogP contribution in [0.15, 0.2) is 4.99 Å². The van der Waals surface area contributed by atoms with E-state index in [4.69, 9.17) is 10.7 Å². The number of nitrogens with one attached hydrogen (secondary N) is 1. The van der Waals surface area contributed by atoms with Crippen LogP contribution in [0.4, 0.5) is 0 Å². The number of carbonyl (C=O) groups is 1. The van der Waals surface area contributed by atoms with Crippen molar-refractivity contribution < 1.29 is 4.79 Å². The maximum atomic E-state index is 13.4. The smallest absolute Gasteiger partial charge is 0.257 e. The third-order valence-electron chi connectivity index (χ3n) is 8.10. The molecule has 2 fully saturated rings. The zero-order valence-corrected chi connectivity index (χ0v) is 20.7. The van der Waals surface area contributed by atoms with Crippen molar-refractivity contribution >= 4 is 11.9 Å². The summed E-state index contributed by atoms with van der Waals surface area (Å²) in [6, 6.07) is 1.20. The van der Waals surface area contributed by atoms with Gasteiger partial charge in [0.15, 0.2) is 5.96 Å². The summed E-state index contributed by atoms with van der Waals surface area (Å²) in [6.07, 6.45) is 18.3. The van der Waals surface area contributed by atoms with Gasteiger partial charge in [0.25, 0.3) is 5.91 Å². The Bertz CT molecular complexity index is 619. The fourth-order valence-electron chi connectivity index (χ4n) is 6.59. The summed E-state index contributed by atoms with van der Waals surface area (Å²) in [7, 11) is 1.79. The van der Waals surface area contributed by atoms with Gasteiger partial charge in [-0.3, -0.25) is 9.69 Å². The Balaban J connectivity index is 1.69. The van der Waals surface area contributed by atoms with Crippen LogP contribution >= 0.6 is 0 Å². The Morgan fingerprint density at radius 1 is 1.16 bits per heavy atom. The highest BCUT2D eigenvalue weighted by molar-refractivity contribution is 6.06. The van der Waals surface area contributed by atoms with Crippen LogP contribution in [0.25, 0.3) is 0 Å². The normalized spacial score (nSPS) is 27.2. The van der Waals surface area contributed by atoms with E-state index >= 15 is 0 Å². The van der Waals surface area contributed by atoms with E-state index in [1.54, 1.807) is 11.9 Å². The fraction of sp³-hybridized carbons (Fsp3) is 0.923. The first-order valence-electron chi connectivity index (χ1n) is 13.1. The van der Waals surface area contributed by atoms with Crippen molar-refractivity contribution in [3.63, 3.8) is 0 Å². The standard InChI is InChI=1S/C26H48N4O/c1-5-11-22(28-21-14-9-10-15-21)18-25(2,3)19-26(23(31)30(4)24(27)29-26)17-16-20-12-7-6-8-13-20/h20-22,28H,5-19H2,1-4H3,(H2,27,29)/t22-,26-/m1/s1. The molecule has 1 amide bonds. The quantitative estimate of drug-likeness (QED) is 0.460. The van der Waals surface area contributed by atoms with Crippen molar-refractivity contribution in [2.24, 2.45) is 22.1 Å². The molecule has 2 aliphatic carbocycles. The third-order valence-corrected chi connectivity index (χ3v) is 8.10. The molecular formula is C26H48N4O. The SMILES string of the molecule is CCC[C@H](CC(C)(C)C[C@@]1(CCC2CCCCC2)N=C(N)N(C)C1=O)NC1CCCC1. The summed E-state index contributed by atoms with van der Waals surface area (Å²) in [5.41, 5.74) is 5.54. The van der Waals surface area contributed by atoms with E-state index in [9.17, 15) is 4.79 Å². The first-order chi connectivity index (χ1) is 14.7. The highest BCUT2D eigenvalue weighted by atomic mass is 16.2. The molecule has 0 bridgehead atoms. The highest BCUT2D eigenvalue weighted by Gasteiger charge is 2.49. The van der Waals surface area contributed by atoms with Gasteiger partial charge in [-0.05, 0) is 56.3 Å². The minimum Gasteiger partial charge on any atom is -0.369 e. The molecule has 0 unspecified atom stereocenters. The predicted octanol–water partition coefficient (Wildman–Crippen LogP) is 5.38. The van der Waals surface area contributed by atoms with E-state index in [1.807, 2.05) is 0 Å². The van der Waals surface area contributed by atoms with E-state index in [0.717, 1.165) is 31.6 Å². The number of hydrogen-bond donors (Lipinski definition) is 2. The van der Waals surface area contributed by atoms with Gasteiger partial charge in [-0.25, -0.2) is 4.99 Å². The van der Waals surface area contributed by atoms with Gasteiger partial charge >= 0.3 is 0 Å². The Labute approximate surface area is 191 Å². The van der Waals surface area contributed by atoms with Crippen molar-refractivity contribution in [2.45, 2.75) is 135 Å². The van der Waals surface area contributed by atoms with Gasteiger partial charge < -0.3 is 11.1 Å². The molecule has 0 aromatic carbocycles. The minimum absolute atomic E-state index is 0.0304. The monoisotopic (exact) mass is 432 g/mol. The van der Waals surface area contributed by atoms with Crippen molar-refractivity contribution in [1.29, 1.82) is 0 Å². The van der Waals surface area contributed by atoms with E-state index < -0.39 is 5.54 Å². The van der Waals surface area contributed by atoms with Crippen LogP contribution in [-0.2, 0) is 4.79 Å². The number of guanidine groups is 1. The Morgan fingerprint density at radius 3 is 2.39 bits per heavy atom. The number of likely N-dealkylation sites (N-methyl/N-ethyl adjacent to an activating group) is 1. The number of nitrogens with zero attached hydrogens (tertiary/aromatic N) is 2. The van der Waals surface area contributed by atoms with Gasteiger partial charge in [-0.15, -0.1) is 0 Å². The Hall–Kier alpha value is -1.10. The van der Waals surface area contributed by atoms with Crippen LogP contribution in [0.1, 0.15) is 117 Å². The Kier molecular flexibility index (Phi) is 8.45. The molecular weight excluding hydrogens is 384 g/mol. The average molecular weight is 433 g/mol. The molecule has 0 saturated heterocycles. The van der Waals surface area contributed by atoms with Crippen LogP contribution in [0.2, 0.25) is 0 Å². The summed E-state index contributed by atoms with van der Waals surface area (Å²) >= 11 is 0. The maximum Gasteiger partial charge on any atom is 0.257 e. The lowest BCUT2D eigenvalue weighted by Crippen LogP contribution is -2.46. The molecule has 1 heterocycles. The topological polar surface area (TPSA) is 70.7 Å². The molecule has 3 aliphatic rings. The molecule has 0 radical (unpaired) electrons. The van der Waals surface area contributed by atoms with Gasteiger partial charge in [0, 0.05) is 19.1 Å². The lowest BCUT2D eigenvalue weighted by atomic mass is 9.71. The van der Waals surface area contributed by atoms with Gasteiger partial charge in [-0.2, -0.15) is 0 Å². The van der Waals surface area contributed by atoms with Crippen LogP contribution in [0.5, 0.6) is 0 Å². The number of rotatable bonds is 11. The molecule has 178 valence electrons. The number of nitrogens with two attached hydrogens (primary N) is 1. The van der Waals surface area contributed by atoms with Gasteiger partial charge in [-0.1, -0.05) is 72.1 Å². The molecule has 5 nitrogen and oxygen atoms in total. The molecule has 5 heteroatoms. The first-order valence-corrected chi connectivity index (χ1v) is 13.1. The number of hydrogen-bond acceptors (Lipinski definition) is 4. The summed E-state index contributed by atoms with van der Waals surface area (Å²) < 4.78 is 0. The van der Waals surface area contributed by atoms with E-state index in [2.05, 4.69) is 26.1 Å². The number of aliphatic imine (C=N–C) groups is 1. The van der Waals surface area contributed by atoms with Gasteiger partial charge in [0.2, 0.25) is 0 Å². The van der Waals surface area contributed by atoms with E-state index in [1.165, 1.54) is 70.6 Å². The first kappa shape index (κ1) is 24.5. The minimum atomic E-state index is -0.663. The molecule has 2 atom stereocenters. The Morgan fingerprint density at radius 2 is 1.81 bits per heavy atom. The maximum absolute atomic E-state index is 13.4. The summed E-state index contributed by atoms with van der Waals surface area (Å²) in [4.78, 5) is 19.8. The largest absolute Gasteiger partial charge is 0.369 e. The summed E-state index contributed by atoms with van der Waals surface area (Å²) in [5, 5.41) is 3.97. The van der Waals surface area contributed by atoms with Crippen molar-refractivity contribution in [2.75, 3.05) is 7.05 Å². The van der Waals surface area contributed by atoms with Crippen molar-refractivity contribution in [3.8, 4) is 0 Å². The van der Waals surface area contributed by atoms with Crippen LogP contribution in [-0.4, -0.2) is 41.4 Å². The molecule has 2 saturated carbocycles. The second-order valence-corrected chi connectivity index (χ2v) is 11.6. The molecule has 0 spiro atoms. The predicted molar refractivity (Wildman–Crippen MR) is 130 cm³/mol. The molecule has 0 aromatic rings. The van der Waals surface area contributed by atoms with Crippen LogP contribution in [0, 0.1) is 11.3 Å². The van der Waals surface area contributed by atoms with Crippen molar-refractivity contribution in [3.05, 3.63) is 0 Å². The van der Waals surface area contributed by atoms with Gasteiger partial charge in [0.1, 0.15) is 5.54 Å². The summed E-state index contributed by atoms with van der Waals surface area (Å²) in [6.45, 7) is 6.96. The molecule has 3 N–H and O–H groups in total. The second kappa shape index (κ2) is 10.7. The average Bonchev–Trinajstić information content (AvgIpc) is 3.30. The highest BCUT2D eigenvalue weighted by Crippen LogP contribution is 2.42. The summed E-state index contributed by atoms with van der Waals surface area (Å²) in [5.74, 6) is 1.27. The van der Waals surface area contributed by atoms with Crippen molar-refractivity contribution in [1.82, 2.24) is 10.2 Å². The van der Waals surface area contributed by atoms with E-state index in [0.29, 0.717) is 18.0 Å². The fourth-order valence-corrected chi connectivity index (χ4v) is 6.59. The van der Waals surface area contributed by atoms with Crippen LogP contribution in [0.3, 0.4) is 0 Å². The van der Waals surface area contributed by atoms with Crippen LogP contribution < -0.4 is 11.1 Å². The van der Waals surface area contributed by atoms with E-state index in [-0.39, 0.29) is 11.3 Å².